The zero-order chi connectivity index (χ0) is 5.72. The molecule has 3 atom stereocenters. The van der Waals surface area contributed by atoms with Gasteiger partial charge in [0.25, 0.3) is 0 Å². The van der Waals surface area contributed by atoms with Crippen molar-refractivity contribution in [1.82, 2.24) is 0 Å². The third kappa shape index (κ3) is 0.410. The molecule has 0 aromatic carbocycles. The Bertz CT molecular complexity index is 144. The van der Waals surface area contributed by atoms with Gasteiger partial charge in [-0.25, -0.2) is 0 Å². The summed E-state index contributed by atoms with van der Waals surface area (Å²) in [6.45, 7) is 4.65. The van der Waals surface area contributed by atoms with Crippen LogP contribution in [0.1, 0.15) is 20.3 Å². The maximum absolute atomic E-state index is 2.45. The lowest BCUT2D eigenvalue weighted by Gasteiger charge is -1.98. The fourth-order valence-electron chi connectivity index (χ4n) is 1.91. The molecule has 0 aromatic heterocycles. The molecule has 44 valence electrons. The average molecular weight is 108 g/mol. The molecular formula is C8H12. The Kier molecular flexibility index (Phi) is 0.677. The summed E-state index contributed by atoms with van der Waals surface area (Å²) in [6, 6.07) is 0. The molecule has 2 aliphatic carbocycles. The zero-order valence-corrected chi connectivity index (χ0v) is 5.52. The Labute approximate surface area is 50.6 Å². The highest BCUT2D eigenvalue weighted by atomic mass is 14.5. The van der Waals surface area contributed by atoms with Gasteiger partial charge >= 0.3 is 0 Å². The summed E-state index contributed by atoms with van der Waals surface area (Å²) in [5.41, 5.74) is 1.75. The van der Waals surface area contributed by atoms with Gasteiger partial charge in [-0.2, -0.15) is 0 Å². The molecule has 0 bridgehead atoms. The van der Waals surface area contributed by atoms with Gasteiger partial charge in [0.05, 0.1) is 0 Å². The number of hydrogen-bond donors (Lipinski definition) is 0. The monoisotopic (exact) mass is 108 g/mol. The van der Waals surface area contributed by atoms with Gasteiger partial charge in [0.1, 0.15) is 0 Å². The van der Waals surface area contributed by atoms with Crippen LogP contribution in [0.25, 0.3) is 0 Å². The second-order valence-corrected chi connectivity index (χ2v) is 3.27. The fraction of sp³-hybridized carbons (Fsp3) is 0.750. The van der Waals surface area contributed by atoms with Gasteiger partial charge in [-0.05, 0) is 24.2 Å². The second-order valence-electron chi connectivity index (χ2n) is 3.27. The molecule has 0 nitrogen and oxygen atoms in total. The minimum Gasteiger partial charge on any atom is -0.0819 e. The quantitative estimate of drug-likeness (QED) is 0.417. The molecule has 0 amide bonds. The average Bonchev–Trinajstić information content (AvgIpc) is 2.29. The van der Waals surface area contributed by atoms with Crippen molar-refractivity contribution in [3.63, 3.8) is 0 Å². The standard InChI is InChI=1S/C8H12/c1-5-3-7-6(2)8(7)4-5/h3,5-6,8H,4H2,1-2H3/t5?,6-,8?/m0/s1. The minimum absolute atomic E-state index is 0.895. The van der Waals surface area contributed by atoms with Crippen molar-refractivity contribution in [3.8, 4) is 0 Å². The normalized spacial score (nSPS) is 50.8. The zero-order valence-electron chi connectivity index (χ0n) is 5.52. The van der Waals surface area contributed by atoms with Crippen LogP contribution in [0.15, 0.2) is 11.6 Å². The van der Waals surface area contributed by atoms with Crippen molar-refractivity contribution in [3.05, 3.63) is 11.6 Å². The van der Waals surface area contributed by atoms with E-state index in [9.17, 15) is 0 Å². The third-order valence-corrected chi connectivity index (χ3v) is 2.55. The lowest BCUT2D eigenvalue weighted by molar-refractivity contribution is 0.583. The molecule has 2 unspecified atom stereocenters. The van der Waals surface area contributed by atoms with Crippen LogP contribution < -0.4 is 0 Å². The smallest absolute Gasteiger partial charge is 0.0132 e. The van der Waals surface area contributed by atoms with Crippen LogP contribution in [0.3, 0.4) is 0 Å². The topological polar surface area (TPSA) is 0 Å². The summed E-state index contributed by atoms with van der Waals surface area (Å²) in [6.07, 6.45) is 3.89. The van der Waals surface area contributed by atoms with Crippen molar-refractivity contribution in [2.24, 2.45) is 17.8 Å². The van der Waals surface area contributed by atoms with E-state index >= 15 is 0 Å². The minimum atomic E-state index is 0.895. The second kappa shape index (κ2) is 1.18. The van der Waals surface area contributed by atoms with Gasteiger partial charge in [-0.15, -0.1) is 0 Å². The molecule has 1 fully saturated rings. The Morgan fingerprint density at radius 2 is 2.25 bits per heavy atom. The van der Waals surface area contributed by atoms with E-state index in [1.165, 1.54) is 6.42 Å². The van der Waals surface area contributed by atoms with E-state index in [1.54, 1.807) is 5.57 Å². The Morgan fingerprint density at radius 1 is 1.50 bits per heavy atom. The lowest BCUT2D eigenvalue weighted by Crippen LogP contribution is -1.88. The van der Waals surface area contributed by atoms with Crippen molar-refractivity contribution in [1.29, 1.82) is 0 Å². The number of allylic oxidation sites excluding steroid dienone is 2. The molecule has 0 aromatic rings. The summed E-state index contributed by atoms with van der Waals surface area (Å²) in [5, 5.41) is 0. The van der Waals surface area contributed by atoms with Crippen LogP contribution in [0.2, 0.25) is 0 Å². The van der Waals surface area contributed by atoms with E-state index in [4.69, 9.17) is 0 Å². The first kappa shape index (κ1) is 4.60. The molecule has 0 saturated heterocycles. The van der Waals surface area contributed by atoms with Crippen LogP contribution in [0.5, 0.6) is 0 Å². The lowest BCUT2D eigenvalue weighted by atomic mass is 10.1. The fourth-order valence-corrected chi connectivity index (χ4v) is 1.91. The SMILES string of the molecule is CC1C=C2C(C1)[C@H]2C. The van der Waals surface area contributed by atoms with Crippen molar-refractivity contribution < 1.29 is 0 Å². The summed E-state index contributed by atoms with van der Waals surface area (Å²) in [4.78, 5) is 0. The van der Waals surface area contributed by atoms with E-state index < -0.39 is 0 Å². The molecule has 0 heterocycles. The molecule has 0 heteroatoms. The number of fused-ring (bicyclic) bond motifs is 1. The van der Waals surface area contributed by atoms with E-state index in [0.717, 1.165) is 17.8 Å². The van der Waals surface area contributed by atoms with Crippen LogP contribution in [0, 0.1) is 17.8 Å². The predicted molar refractivity (Wildman–Crippen MR) is 34.5 cm³/mol. The molecule has 0 N–H and O–H groups in total. The van der Waals surface area contributed by atoms with Crippen molar-refractivity contribution in [2.45, 2.75) is 20.3 Å². The van der Waals surface area contributed by atoms with Gasteiger partial charge < -0.3 is 0 Å². The van der Waals surface area contributed by atoms with E-state index in [1.807, 2.05) is 0 Å². The summed E-state index contributed by atoms with van der Waals surface area (Å²) in [5.74, 6) is 2.88. The molecule has 0 spiro atoms. The first-order chi connectivity index (χ1) is 3.79. The Balaban J connectivity index is 2.20. The maximum atomic E-state index is 2.45. The molecule has 2 rings (SSSR count). The summed E-state index contributed by atoms with van der Waals surface area (Å²) >= 11 is 0. The largest absolute Gasteiger partial charge is 0.0819 e. The Morgan fingerprint density at radius 3 is 2.62 bits per heavy atom. The number of rotatable bonds is 0. The predicted octanol–water partition coefficient (Wildman–Crippen LogP) is 2.22. The molecular weight excluding hydrogens is 96.1 g/mol. The van der Waals surface area contributed by atoms with Gasteiger partial charge in [0, 0.05) is 0 Å². The highest BCUT2D eigenvalue weighted by molar-refractivity contribution is 5.33. The molecule has 0 aliphatic heterocycles. The van der Waals surface area contributed by atoms with Crippen molar-refractivity contribution in [2.75, 3.05) is 0 Å². The van der Waals surface area contributed by atoms with Gasteiger partial charge in [-0.1, -0.05) is 25.5 Å². The third-order valence-electron chi connectivity index (χ3n) is 2.55. The summed E-state index contributed by atoms with van der Waals surface area (Å²) < 4.78 is 0. The molecule has 8 heavy (non-hydrogen) atoms. The van der Waals surface area contributed by atoms with Gasteiger partial charge in [0.2, 0.25) is 0 Å². The van der Waals surface area contributed by atoms with Crippen LogP contribution >= 0.6 is 0 Å². The highest BCUT2D eigenvalue weighted by Crippen LogP contribution is 2.54. The first-order valence-corrected chi connectivity index (χ1v) is 3.50. The van der Waals surface area contributed by atoms with E-state index in [2.05, 4.69) is 19.9 Å². The van der Waals surface area contributed by atoms with Crippen LogP contribution in [-0.2, 0) is 0 Å². The maximum Gasteiger partial charge on any atom is -0.0132 e. The van der Waals surface area contributed by atoms with Gasteiger partial charge in [-0.3, -0.25) is 0 Å². The Hall–Kier alpha value is -0.260. The van der Waals surface area contributed by atoms with E-state index in [0.29, 0.717) is 0 Å². The molecule has 0 radical (unpaired) electrons. The molecule has 1 saturated carbocycles. The van der Waals surface area contributed by atoms with Crippen LogP contribution in [0.4, 0.5) is 0 Å². The van der Waals surface area contributed by atoms with Gasteiger partial charge in [0.15, 0.2) is 0 Å². The summed E-state index contributed by atoms with van der Waals surface area (Å²) in [7, 11) is 0. The van der Waals surface area contributed by atoms with Crippen molar-refractivity contribution >= 4 is 0 Å². The highest BCUT2D eigenvalue weighted by Gasteiger charge is 2.44. The van der Waals surface area contributed by atoms with Crippen LogP contribution in [-0.4, -0.2) is 0 Å². The first-order valence-electron chi connectivity index (χ1n) is 3.50. The molecule has 2 aliphatic rings. The van der Waals surface area contributed by atoms with E-state index in [-0.39, 0.29) is 0 Å². The number of hydrogen-bond acceptors (Lipinski definition) is 0.